The number of hydrogen-bond donors (Lipinski definition) is 2. The molecule has 6 heteroatoms. The Morgan fingerprint density at radius 1 is 1.12 bits per heavy atom. The average molecular weight is 339 g/mol. The van der Waals surface area contributed by atoms with E-state index in [0.29, 0.717) is 17.5 Å². The van der Waals surface area contributed by atoms with Crippen LogP contribution < -0.4 is 0 Å². The summed E-state index contributed by atoms with van der Waals surface area (Å²) in [5, 5.41) is 0.946. The zero-order chi connectivity index (χ0) is 18.0. The Balaban J connectivity index is 1.89. The van der Waals surface area contributed by atoms with Crippen molar-refractivity contribution in [3.05, 3.63) is 36.5 Å². The summed E-state index contributed by atoms with van der Waals surface area (Å²) in [5.41, 5.74) is 3.10. The zero-order valence-corrected chi connectivity index (χ0v) is 15.2. The van der Waals surface area contributed by atoms with Crippen molar-refractivity contribution in [3.63, 3.8) is 0 Å². The molecule has 0 aliphatic carbocycles. The maximum atomic E-state index is 12.9. The Hall–Kier alpha value is -2.63. The highest BCUT2D eigenvalue weighted by Crippen LogP contribution is 2.25. The van der Waals surface area contributed by atoms with Crippen LogP contribution in [0.5, 0.6) is 0 Å². The molecule has 0 aromatic carbocycles. The topological polar surface area (TPSA) is 77.7 Å². The van der Waals surface area contributed by atoms with Gasteiger partial charge in [0, 0.05) is 36.4 Å². The molecule has 3 heterocycles. The normalized spacial score (nSPS) is 11.6. The standard InChI is InChI=1S/C19H25N5O/c1-12(2)9-24(10-13(3)4)19(25)16-7-14(8-21-16)17-15-5-6-20-18(15)23-11-22-17/h5-8,11-13,21H,9-10H2,1-4H3,(H,20,22,23). The van der Waals surface area contributed by atoms with Crippen molar-refractivity contribution in [1.29, 1.82) is 0 Å². The summed E-state index contributed by atoms with van der Waals surface area (Å²) in [4.78, 5) is 29.7. The molecule has 0 aliphatic rings. The fourth-order valence-corrected chi connectivity index (χ4v) is 3.05. The van der Waals surface area contributed by atoms with Crippen molar-refractivity contribution >= 4 is 16.9 Å². The van der Waals surface area contributed by atoms with Crippen LogP contribution in [-0.4, -0.2) is 43.8 Å². The molecule has 6 nitrogen and oxygen atoms in total. The molecule has 0 radical (unpaired) electrons. The van der Waals surface area contributed by atoms with Crippen molar-refractivity contribution in [1.82, 2.24) is 24.8 Å². The Morgan fingerprint density at radius 2 is 1.84 bits per heavy atom. The number of carbonyl (C=O) groups excluding carboxylic acids is 1. The molecule has 132 valence electrons. The Kier molecular flexibility index (Phi) is 4.88. The summed E-state index contributed by atoms with van der Waals surface area (Å²) in [7, 11) is 0. The van der Waals surface area contributed by atoms with Crippen molar-refractivity contribution < 1.29 is 4.79 Å². The van der Waals surface area contributed by atoms with E-state index >= 15 is 0 Å². The van der Waals surface area contributed by atoms with Crippen LogP contribution >= 0.6 is 0 Å². The second-order valence-electron chi connectivity index (χ2n) is 7.26. The lowest BCUT2D eigenvalue weighted by molar-refractivity contribution is 0.0710. The number of hydrogen-bond acceptors (Lipinski definition) is 3. The van der Waals surface area contributed by atoms with Gasteiger partial charge in [0.05, 0.1) is 5.69 Å². The molecule has 0 saturated carbocycles. The van der Waals surface area contributed by atoms with Gasteiger partial charge in [-0.15, -0.1) is 0 Å². The summed E-state index contributed by atoms with van der Waals surface area (Å²) in [6.45, 7) is 10.0. The summed E-state index contributed by atoms with van der Waals surface area (Å²) in [6.07, 6.45) is 5.21. The molecule has 0 bridgehead atoms. The van der Waals surface area contributed by atoms with E-state index in [9.17, 15) is 4.79 Å². The first kappa shape index (κ1) is 17.2. The van der Waals surface area contributed by atoms with E-state index in [1.807, 2.05) is 29.4 Å². The van der Waals surface area contributed by atoms with Crippen molar-refractivity contribution in [2.45, 2.75) is 27.7 Å². The van der Waals surface area contributed by atoms with Crippen molar-refractivity contribution in [2.24, 2.45) is 11.8 Å². The van der Waals surface area contributed by atoms with Gasteiger partial charge in [-0.1, -0.05) is 27.7 Å². The lowest BCUT2D eigenvalue weighted by Crippen LogP contribution is -2.37. The van der Waals surface area contributed by atoms with E-state index < -0.39 is 0 Å². The van der Waals surface area contributed by atoms with Gasteiger partial charge in [0.2, 0.25) is 0 Å². The highest BCUT2D eigenvalue weighted by atomic mass is 16.2. The number of nitrogens with one attached hydrogen (secondary N) is 2. The van der Waals surface area contributed by atoms with E-state index in [1.54, 1.807) is 0 Å². The van der Waals surface area contributed by atoms with Gasteiger partial charge in [-0.3, -0.25) is 4.79 Å². The fraction of sp³-hybridized carbons (Fsp3) is 0.421. The molecule has 0 spiro atoms. The van der Waals surface area contributed by atoms with Crippen LogP contribution in [0.1, 0.15) is 38.2 Å². The molecule has 0 atom stereocenters. The third-order valence-corrected chi connectivity index (χ3v) is 4.00. The van der Waals surface area contributed by atoms with Gasteiger partial charge in [0.25, 0.3) is 5.91 Å². The number of aromatic amines is 2. The van der Waals surface area contributed by atoms with Gasteiger partial charge in [0.15, 0.2) is 0 Å². The Morgan fingerprint density at radius 3 is 2.52 bits per heavy atom. The minimum atomic E-state index is 0.0352. The molecule has 0 unspecified atom stereocenters. The third kappa shape index (κ3) is 3.73. The van der Waals surface area contributed by atoms with Gasteiger partial charge in [-0.05, 0) is 24.0 Å². The van der Waals surface area contributed by atoms with Crippen LogP contribution in [0.3, 0.4) is 0 Å². The first-order chi connectivity index (χ1) is 12.0. The number of rotatable bonds is 6. The predicted octanol–water partition coefficient (Wildman–Crippen LogP) is 3.71. The molecule has 3 aromatic heterocycles. The van der Waals surface area contributed by atoms with Gasteiger partial charge in [-0.25, -0.2) is 9.97 Å². The van der Waals surface area contributed by atoms with Gasteiger partial charge < -0.3 is 14.9 Å². The average Bonchev–Trinajstić information content (AvgIpc) is 3.21. The zero-order valence-electron chi connectivity index (χ0n) is 15.2. The number of H-pyrrole nitrogens is 2. The van der Waals surface area contributed by atoms with E-state index in [4.69, 9.17) is 0 Å². The largest absolute Gasteiger partial charge is 0.357 e. The monoisotopic (exact) mass is 339 g/mol. The summed E-state index contributed by atoms with van der Waals surface area (Å²) < 4.78 is 0. The maximum absolute atomic E-state index is 12.9. The van der Waals surface area contributed by atoms with Crippen LogP contribution in [0.2, 0.25) is 0 Å². The Bertz CT molecular complexity index is 851. The second kappa shape index (κ2) is 7.09. The third-order valence-electron chi connectivity index (χ3n) is 4.00. The number of aromatic nitrogens is 4. The van der Waals surface area contributed by atoms with Crippen LogP contribution in [0.25, 0.3) is 22.3 Å². The summed E-state index contributed by atoms with van der Waals surface area (Å²) in [5.74, 6) is 0.893. The first-order valence-corrected chi connectivity index (χ1v) is 8.72. The van der Waals surface area contributed by atoms with Crippen LogP contribution in [-0.2, 0) is 0 Å². The molecule has 0 saturated heterocycles. The second-order valence-corrected chi connectivity index (χ2v) is 7.26. The van der Waals surface area contributed by atoms with Crippen LogP contribution in [0.15, 0.2) is 30.9 Å². The number of carbonyl (C=O) groups is 1. The molecule has 2 N–H and O–H groups in total. The lowest BCUT2D eigenvalue weighted by Gasteiger charge is -2.25. The van der Waals surface area contributed by atoms with Crippen molar-refractivity contribution in [2.75, 3.05) is 13.1 Å². The highest BCUT2D eigenvalue weighted by Gasteiger charge is 2.20. The minimum Gasteiger partial charge on any atom is -0.357 e. The van der Waals surface area contributed by atoms with E-state index in [1.165, 1.54) is 6.33 Å². The summed E-state index contributed by atoms with van der Waals surface area (Å²) >= 11 is 0. The molecule has 1 amide bonds. The summed E-state index contributed by atoms with van der Waals surface area (Å²) in [6, 6.07) is 3.83. The SMILES string of the molecule is CC(C)CN(CC(C)C)C(=O)c1cc(-c2ncnc3[nH]ccc23)c[nH]1. The van der Waals surface area contributed by atoms with Gasteiger partial charge in [0.1, 0.15) is 17.7 Å². The highest BCUT2D eigenvalue weighted by molar-refractivity contribution is 5.96. The predicted molar refractivity (Wildman–Crippen MR) is 99.3 cm³/mol. The minimum absolute atomic E-state index is 0.0352. The van der Waals surface area contributed by atoms with Crippen molar-refractivity contribution in [3.8, 4) is 11.3 Å². The molecule has 25 heavy (non-hydrogen) atoms. The fourth-order valence-electron chi connectivity index (χ4n) is 3.05. The van der Waals surface area contributed by atoms with E-state index in [-0.39, 0.29) is 5.91 Å². The number of fused-ring (bicyclic) bond motifs is 1. The Labute approximate surface area is 147 Å². The molecular formula is C19H25N5O. The quantitative estimate of drug-likeness (QED) is 0.718. The van der Waals surface area contributed by atoms with E-state index in [0.717, 1.165) is 35.4 Å². The molecule has 0 fully saturated rings. The van der Waals surface area contributed by atoms with Crippen LogP contribution in [0, 0.1) is 11.8 Å². The molecule has 0 aliphatic heterocycles. The molecule has 3 aromatic rings. The molecule has 3 rings (SSSR count). The maximum Gasteiger partial charge on any atom is 0.270 e. The molecular weight excluding hydrogens is 314 g/mol. The van der Waals surface area contributed by atoms with Gasteiger partial charge in [-0.2, -0.15) is 0 Å². The van der Waals surface area contributed by atoms with E-state index in [2.05, 4.69) is 47.6 Å². The van der Waals surface area contributed by atoms with Crippen LogP contribution in [0.4, 0.5) is 0 Å². The first-order valence-electron chi connectivity index (χ1n) is 8.72. The number of amides is 1. The van der Waals surface area contributed by atoms with Gasteiger partial charge >= 0.3 is 0 Å². The number of nitrogens with zero attached hydrogens (tertiary/aromatic N) is 3. The lowest BCUT2D eigenvalue weighted by atomic mass is 10.1. The smallest absolute Gasteiger partial charge is 0.270 e.